The van der Waals surface area contributed by atoms with Gasteiger partial charge in [0.25, 0.3) is 0 Å². The normalized spacial score (nSPS) is 18.5. The summed E-state index contributed by atoms with van der Waals surface area (Å²) in [7, 11) is 0. The molecule has 0 amide bonds. The van der Waals surface area contributed by atoms with Gasteiger partial charge in [0.15, 0.2) is 0 Å². The highest BCUT2D eigenvalue weighted by atomic mass is 16.3. The Morgan fingerprint density at radius 1 is 1.50 bits per heavy atom. The summed E-state index contributed by atoms with van der Waals surface area (Å²) in [5.41, 5.74) is 1.37. The first kappa shape index (κ1) is 9.78. The summed E-state index contributed by atoms with van der Waals surface area (Å²) >= 11 is 0. The average Bonchev–Trinajstić information content (AvgIpc) is 2.89. The van der Waals surface area contributed by atoms with E-state index < -0.39 is 0 Å². The molecule has 1 unspecified atom stereocenters. The topological polar surface area (TPSA) is 25.2 Å². The maximum Gasteiger partial charge on any atom is 0.105 e. The van der Waals surface area contributed by atoms with E-state index in [1.165, 1.54) is 18.4 Å². The molecule has 1 aromatic heterocycles. The molecule has 2 nitrogen and oxygen atoms in total. The van der Waals surface area contributed by atoms with E-state index in [0.717, 1.165) is 24.0 Å². The lowest BCUT2D eigenvalue weighted by molar-refractivity contribution is 0.464. The molecule has 1 N–H and O–H groups in total. The first-order valence-electron chi connectivity index (χ1n) is 5.52. The van der Waals surface area contributed by atoms with Crippen LogP contribution < -0.4 is 5.32 Å². The lowest BCUT2D eigenvalue weighted by Crippen LogP contribution is -2.22. The minimum absolute atomic E-state index is 0.525. The molecule has 0 aliphatic heterocycles. The minimum Gasteiger partial charge on any atom is -0.466 e. The van der Waals surface area contributed by atoms with Crippen LogP contribution in [0.15, 0.2) is 10.5 Å². The Hall–Kier alpha value is -0.760. The zero-order chi connectivity index (χ0) is 10.1. The molecule has 2 heteroatoms. The van der Waals surface area contributed by atoms with Gasteiger partial charge in [0.1, 0.15) is 11.5 Å². The van der Waals surface area contributed by atoms with Crippen LogP contribution in [0.3, 0.4) is 0 Å². The van der Waals surface area contributed by atoms with Gasteiger partial charge in [-0.3, -0.25) is 0 Å². The zero-order valence-electron chi connectivity index (χ0n) is 9.26. The quantitative estimate of drug-likeness (QED) is 0.795. The van der Waals surface area contributed by atoms with Crippen molar-refractivity contribution >= 4 is 0 Å². The molecule has 0 bridgehead atoms. The van der Waals surface area contributed by atoms with Crippen LogP contribution in [0, 0.1) is 19.8 Å². The molecule has 14 heavy (non-hydrogen) atoms. The van der Waals surface area contributed by atoms with Gasteiger partial charge in [0, 0.05) is 11.6 Å². The van der Waals surface area contributed by atoms with E-state index in [0.29, 0.717) is 6.04 Å². The first-order valence-corrected chi connectivity index (χ1v) is 5.52. The maximum atomic E-state index is 5.58. The van der Waals surface area contributed by atoms with Crippen LogP contribution in [0.1, 0.15) is 42.9 Å². The van der Waals surface area contributed by atoms with Crippen LogP contribution >= 0.6 is 0 Å². The summed E-state index contributed by atoms with van der Waals surface area (Å²) in [6, 6.07) is 2.71. The van der Waals surface area contributed by atoms with Gasteiger partial charge in [-0.25, -0.2) is 0 Å². The zero-order valence-corrected chi connectivity index (χ0v) is 9.26. The lowest BCUT2D eigenvalue weighted by Gasteiger charge is -2.16. The van der Waals surface area contributed by atoms with Crippen molar-refractivity contribution in [2.75, 3.05) is 6.54 Å². The highest BCUT2D eigenvalue weighted by molar-refractivity contribution is 5.25. The average molecular weight is 193 g/mol. The van der Waals surface area contributed by atoms with Gasteiger partial charge in [0.05, 0.1) is 0 Å². The van der Waals surface area contributed by atoms with Gasteiger partial charge in [0.2, 0.25) is 0 Å². The second-order valence-electron chi connectivity index (χ2n) is 4.24. The van der Waals surface area contributed by atoms with Gasteiger partial charge >= 0.3 is 0 Å². The molecule has 0 aromatic carbocycles. The monoisotopic (exact) mass is 193 g/mol. The molecular weight excluding hydrogens is 174 g/mol. The van der Waals surface area contributed by atoms with Crippen molar-refractivity contribution in [2.45, 2.75) is 39.7 Å². The van der Waals surface area contributed by atoms with E-state index in [1.807, 2.05) is 6.92 Å². The fourth-order valence-electron chi connectivity index (χ4n) is 2.14. The largest absolute Gasteiger partial charge is 0.466 e. The number of hydrogen-bond donors (Lipinski definition) is 1. The molecule has 1 aromatic rings. The third kappa shape index (κ3) is 1.85. The highest BCUT2D eigenvalue weighted by Crippen LogP contribution is 2.42. The van der Waals surface area contributed by atoms with Crippen LogP contribution in [-0.4, -0.2) is 6.54 Å². The summed E-state index contributed by atoms with van der Waals surface area (Å²) in [6.45, 7) is 7.28. The van der Waals surface area contributed by atoms with Gasteiger partial charge in [-0.05, 0) is 45.2 Å². The summed E-state index contributed by atoms with van der Waals surface area (Å²) < 4.78 is 5.58. The van der Waals surface area contributed by atoms with E-state index in [4.69, 9.17) is 4.42 Å². The van der Waals surface area contributed by atoms with Crippen LogP contribution in [0.5, 0.6) is 0 Å². The van der Waals surface area contributed by atoms with E-state index in [-0.39, 0.29) is 0 Å². The number of aryl methyl sites for hydroxylation is 2. The highest BCUT2D eigenvalue weighted by Gasteiger charge is 2.33. The van der Waals surface area contributed by atoms with Gasteiger partial charge in [-0.15, -0.1) is 0 Å². The van der Waals surface area contributed by atoms with E-state index >= 15 is 0 Å². The summed E-state index contributed by atoms with van der Waals surface area (Å²) in [4.78, 5) is 0. The molecule has 1 aliphatic rings. The second-order valence-corrected chi connectivity index (χ2v) is 4.24. The predicted octanol–water partition coefficient (Wildman–Crippen LogP) is 2.96. The Kier molecular flexibility index (Phi) is 2.64. The Bertz CT molecular complexity index is 312. The molecule has 1 heterocycles. The van der Waals surface area contributed by atoms with Crippen LogP contribution in [-0.2, 0) is 0 Å². The van der Waals surface area contributed by atoms with E-state index in [1.54, 1.807) is 0 Å². The van der Waals surface area contributed by atoms with Gasteiger partial charge < -0.3 is 9.73 Å². The smallest absolute Gasteiger partial charge is 0.105 e. The Morgan fingerprint density at radius 2 is 2.21 bits per heavy atom. The number of rotatable bonds is 4. The number of nitrogens with one attached hydrogen (secondary N) is 1. The molecule has 2 rings (SSSR count). The third-order valence-electron chi connectivity index (χ3n) is 2.93. The van der Waals surface area contributed by atoms with E-state index in [9.17, 15) is 0 Å². The fraction of sp³-hybridized carbons (Fsp3) is 0.667. The molecule has 1 atom stereocenters. The number of furan rings is 1. The summed E-state index contributed by atoms with van der Waals surface area (Å²) in [5, 5.41) is 3.56. The minimum atomic E-state index is 0.525. The molecule has 78 valence electrons. The standard InChI is InChI=1S/C12H19NO/c1-4-13-12(10-5-6-10)11-7-8(2)14-9(11)3/h7,10,12-13H,4-6H2,1-3H3. The SMILES string of the molecule is CCNC(c1cc(C)oc1C)C1CC1. The van der Waals surface area contributed by atoms with Crippen molar-refractivity contribution in [1.29, 1.82) is 0 Å². The molecule has 0 radical (unpaired) electrons. The van der Waals surface area contributed by atoms with Gasteiger partial charge in [-0.1, -0.05) is 6.92 Å². The van der Waals surface area contributed by atoms with Crippen molar-refractivity contribution in [3.8, 4) is 0 Å². The van der Waals surface area contributed by atoms with Crippen molar-refractivity contribution in [3.05, 3.63) is 23.2 Å². The summed E-state index contributed by atoms with van der Waals surface area (Å²) in [5.74, 6) is 2.95. The first-order chi connectivity index (χ1) is 6.72. The Balaban J connectivity index is 2.20. The molecule has 1 aliphatic carbocycles. The molecule has 0 saturated heterocycles. The van der Waals surface area contributed by atoms with Crippen LogP contribution in [0.2, 0.25) is 0 Å². The summed E-state index contributed by atoms with van der Waals surface area (Å²) in [6.07, 6.45) is 2.72. The Morgan fingerprint density at radius 3 is 2.64 bits per heavy atom. The van der Waals surface area contributed by atoms with Crippen molar-refractivity contribution in [2.24, 2.45) is 5.92 Å². The van der Waals surface area contributed by atoms with Crippen LogP contribution in [0.25, 0.3) is 0 Å². The Labute approximate surface area is 85.7 Å². The van der Waals surface area contributed by atoms with Crippen molar-refractivity contribution in [3.63, 3.8) is 0 Å². The molecular formula is C12H19NO. The number of hydrogen-bond acceptors (Lipinski definition) is 2. The molecule has 0 spiro atoms. The maximum absolute atomic E-state index is 5.58. The predicted molar refractivity (Wildman–Crippen MR) is 57.3 cm³/mol. The molecule has 1 fully saturated rings. The fourth-order valence-corrected chi connectivity index (χ4v) is 2.14. The lowest BCUT2D eigenvalue weighted by atomic mass is 10.0. The van der Waals surface area contributed by atoms with E-state index in [2.05, 4.69) is 25.2 Å². The second kappa shape index (κ2) is 3.77. The van der Waals surface area contributed by atoms with Crippen molar-refractivity contribution in [1.82, 2.24) is 5.32 Å². The molecule has 1 saturated carbocycles. The third-order valence-corrected chi connectivity index (χ3v) is 2.93. The van der Waals surface area contributed by atoms with Gasteiger partial charge in [-0.2, -0.15) is 0 Å². The van der Waals surface area contributed by atoms with Crippen LogP contribution in [0.4, 0.5) is 0 Å². The van der Waals surface area contributed by atoms with Crippen molar-refractivity contribution < 1.29 is 4.42 Å².